The number of carbonyl (C=O) groups excluding carboxylic acids is 1. The Labute approximate surface area is 177 Å². The molecule has 1 aliphatic heterocycles. The number of hydrogen-bond acceptors (Lipinski definition) is 6. The number of ether oxygens (including phenoxy) is 2. The zero-order chi connectivity index (χ0) is 21.9. The standard InChI is InChI=1S/C22H27NO6S/c1-15-4-7-19(8-5-15)29-21-10-11-23(22(21)25)17-6-9-20(16(2)12-17)28-13-18(24)14-30(3,26)27/h4-9,12,18,21,24H,10-11,13-14H2,1-3H3/t18-,21?/m0/s1. The van der Waals surface area contributed by atoms with Gasteiger partial charge in [0.05, 0.1) is 5.75 Å². The molecule has 1 amide bonds. The zero-order valence-corrected chi connectivity index (χ0v) is 18.2. The quantitative estimate of drug-likeness (QED) is 0.687. The number of rotatable bonds is 8. The molecule has 3 rings (SSSR count). The summed E-state index contributed by atoms with van der Waals surface area (Å²) in [5.74, 6) is 0.764. The average molecular weight is 434 g/mol. The van der Waals surface area contributed by atoms with Gasteiger partial charge in [0.15, 0.2) is 6.10 Å². The molecule has 1 aliphatic rings. The van der Waals surface area contributed by atoms with Crippen LogP contribution < -0.4 is 14.4 Å². The van der Waals surface area contributed by atoms with Crippen molar-refractivity contribution in [3.63, 3.8) is 0 Å². The van der Waals surface area contributed by atoms with E-state index in [0.29, 0.717) is 24.5 Å². The summed E-state index contributed by atoms with van der Waals surface area (Å²) in [6, 6.07) is 12.9. The van der Waals surface area contributed by atoms with Crippen molar-refractivity contribution in [3.8, 4) is 11.5 Å². The van der Waals surface area contributed by atoms with E-state index in [2.05, 4.69) is 0 Å². The van der Waals surface area contributed by atoms with Gasteiger partial charge in [0.2, 0.25) is 0 Å². The monoisotopic (exact) mass is 433 g/mol. The Bertz CT molecular complexity index is 1000. The Morgan fingerprint density at radius 2 is 1.87 bits per heavy atom. The van der Waals surface area contributed by atoms with Crippen molar-refractivity contribution in [1.82, 2.24) is 0 Å². The third-order valence-corrected chi connectivity index (χ3v) is 5.84. The Morgan fingerprint density at radius 1 is 1.17 bits per heavy atom. The van der Waals surface area contributed by atoms with Gasteiger partial charge in [-0.3, -0.25) is 4.79 Å². The van der Waals surface area contributed by atoms with Gasteiger partial charge in [-0.25, -0.2) is 8.42 Å². The summed E-state index contributed by atoms with van der Waals surface area (Å²) in [5, 5.41) is 9.79. The Morgan fingerprint density at radius 3 is 2.50 bits per heavy atom. The van der Waals surface area contributed by atoms with E-state index < -0.39 is 22.0 Å². The van der Waals surface area contributed by atoms with E-state index >= 15 is 0 Å². The van der Waals surface area contributed by atoms with Gasteiger partial charge < -0.3 is 19.5 Å². The highest BCUT2D eigenvalue weighted by Gasteiger charge is 2.34. The highest BCUT2D eigenvalue weighted by Crippen LogP contribution is 2.29. The lowest BCUT2D eigenvalue weighted by Crippen LogP contribution is -2.32. The van der Waals surface area contributed by atoms with E-state index in [1.165, 1.54) is 0 Å². The molecular weight excluding hydrogens is 406 g/mol. The van der Waals surface area contributed by atoms with Crippen molar-refractivity contribution < 1.29 is 27.8 Å². The summed E-state index contributed by atoms with van der Waals surface area (Å²) in [5.41, 5.74) is 2.66. The molecule has 0 aromatic heterocycles. The molecule has 8 heteroatoms. The number of nitrogens with zero attached hydrogens (tertiary/aromatic N) is 1. The third kappa shape index (κ3) is 5.73. The fourth-order valence-electron chi connectivity index (χ4n) is 3.35. The molecule has 2 atom stereocenters. The van der Waals surface area contributed by atoms with Gasteiger partial charge in [-0.05, 0) is 49.7 Å². The molecule has 162 valence electrons. The number of aliphatic hydroxyl groups is 1. The average Bonchev–Trinajstić information content (AvgIpc) is 3.01. The highest BCUT2D eigenvalue weighted by atomic mass is 32.2. The third-order valence-electron chi connectivity index (χ3n) is 4.85. The zero-order valence-electron chi connectivity index (χ0n) is 17.4. The maximum atomic E-state index is 12.8. The van der Waals surface area contributed by atoms with Crippen LogP contribution in [0.2, 0.25) is 0 Å². The second kappa shape index (κ2) is 9.06. The predicted octanol–water partition coefficient (Wildman–Crippen LogP) is 2.27. The van der Waals surface area contributed by atoms with Gasteiger partial charge in [0, 0.05) is 24.9 Å². The fraction of sp³-hybridized carbons (Fsp3) is 0.409. The minimum atomic E-state index is -3.28. The van der Waals surface area contributed by atoms with Crippen molar-refractivity contribution in [3.05, 3.63) is 53.6 Å². The van der Waals surface area contributed by atoms with Gasteiger partial charge >= 0.3 is 0 Å². The highest BCUT2D eigenvalue weighted by molar-refractivity contribution is 7.90. The molecule has 1 fully saturated rings. The summed E-state index contributed by atoms with van der Waals surface area (Å²) in [6.45, 7) is 4.27. The SMILES string of the molecule is Cc1ccc(OC2CCN(c3ccc(OC[C@H](O)CS(C)(=O)=O)c(C)c3)C2=O)cc1. The van der Waals surface area contributed by atoms with Crippen molar-refractivity contribution in [2.24, 2.45) is 0 Å². The van der Waals surface area contributed by atoms with E-state index in [9.17, 15) is 18.3 Å². The minimum Gasteiger partial charge on any atom is -0.491 e. The first-order chi connectivity index (χ1) is 14.1. The maximum absolute atomic E-state index is 12.8. The van der Waals surface area contributed by atoms with Crippen molar-refractivity contribution >= 4 is 21.4 Å². The van der Waals surface area contributed by atoms with Gasteiger partial charge in [-0.1, -0.05) is 17.7 Å². The van der Waals surface area contributed by atoms with Crippen LogP contribution in [0.15, 0.2) is 42.5 Å². The maximum Gasteiger partial charge on any atom is 0.268 e. The molecule has 7 nitrogen and oxygen atoms in total. The first-order valence-corrected chi connectivity index (χ1v) is 11.8. The Hall–Kier alpha value is -2.58. The molecule has 0 aliphatic carbocycles. The summed E-state index contributed by atoms with van der Waals surface area (Å²) in [4.78, 5) is 14.5. The number of hydrogen-bond donors (Lipinski definition) is 1. The number of carbonyl (C=O) groups is 1. The van der Waals surface area contributed by atoms with Crippen LogP contribution in [0.1, 0.15) is 17.5 Å². The van der Waals surface area contributed by atoms with Crippen LogP contribution in [0, 0.1) is 13.8 Å². The number of sulfone groups is 1. The largest absolute Gasteiger partial charge is 0.491 e. The van der Waals surface area contributed by atoms with Crippen LogP contribution in [-0.4, -0.2) is 56.8 Å². The van der Waals surface area contributed by atoms with Crippen molar-refractivity contribution in [1.29, 1.82) is 0 Å². The molecule has 0 radical (unpaired) electrons. The number of aryl methyl sites for hydroxylation is 2. The molecule has 1 heterocycles. The van der Waals surface area contributed by atoms with Crippen LogP contribution >= 0.6 is 0 Å². The lowest BCUT2D eigenvalue weighted by molar-refractivity contribution is -0.122. The van der Waals surface area contributed by atoms with E-state index in [-0.39, 0.29) is 18.3 Å². The van der Waals surface area contributed by atoms with E-state index in [1.54, 1.807) is 17.0 Å². The molecule has 0 saturated carbocycles. The molecule has 0 spiro atoms. The molecule has 30 heavy (non-hydrogen) atoms. The summed E-state index contributed by atoms with van der Waals surface area (Å²) in [6.07, 6.45) is 0.0508. The van der Waals surface area contributed by atoms with Crippen LogP contribution in [0.5, 0.6) is 11.5 Å². The summed E-state index contributed by atoms with van der Waals surface area (Å²) < 4.78 is 33.9. The lowest BCUT2D eigenvalue weighted by Gasteiger charge is -2.19. The molecule has 0 bridgehead atoms. The van der Waals surface area contributed by atoms with Crippen LogP contribution in [-0.2, 0) is 14.6 Å². The molecule has 1 unspecified atom stereocenters. The van der Waals surface area contributed by atoms with Crippen LogP contribution in [0.4, 0.5) is 5.69 Å². The summed E-state index contributed by atoms with van der Waals surface area (Å²) >= 11 is 0. The Balaban J connectivity index is 1.62. The van der Waals surface area contributed by atoms with E-state index in [0.717, 1.165) is 23.1 Å². The Kier molecular flexibility index (Phi) is 6.67. The molecule has 1 N–H and O–H groups in total. The van der Waals surface area contributed by atoms with E-state index in [4.69, 9.17) is 9.47 Å². The predicted molar refractivity (Wildman–Crippen MR) is 115 cm³/mol. The topological polar surface area (TPSA) is 93.1 Å². The van der Waals surface area contributed by atoms with Gasteiger partial charge in [-0.2, -0.15) is 0 Å². The van der Waals surface area contributed by atoms with Crippen molar-refractivity contribution in [2.45, 2.75) is 32.5 Å². The number of anilines is 1. The van der Waals surface area contributed by atoms with Crippen LogP contribution in [0.3, 0.4) is 0 Å². The molecular formula is C22H27NO6S. The summed E-state index contributed by atoms with van der Waals surface area (Å²) in [7, 11) is -3.28. The first-order valence-electron chi connectivity index (χ1n) is 9.76. The van der Waals surface area contributed by atoms with E-state index in [1.807, 2.05) is 44.2 Å². The molecule has 1 saturated heterocycles. The second-order valence-electron chi connectivity index (χ2n) is 7.71. The number of amides is 1. The lowest BCUT2D eigenvalue weighted by atomic mass is 10.2. The van der Waals surface area contributed by atoms with Crippen LogP contribution in [0.25, 0.3) is 0 Å². The second-order valence-corrected chi connectivity index (χ2v) is 9.89. The van der Waals surface area contributed by atoms with Gasteiger partial charge in [-0.15, -0.1) is 0 Å². The normalized spacial score (nSPS) is 17.8. The first kappa shape index (κ1) is 22.1. The fourth-order valence-corrected chi connectivity index (χ4v) is 4.14. The molecule has 2 aromatic rings. The van der Waals surface area contributed by atoms with Gasteiger partial charge in [0.1, 0.15) is 34.0 Å². The number of benzene rings is 2. The van der Waals surface area contributed by atoms with Crippen molar-refractivity contribution in [2.75, 3.05) is 30.1 Å². The molecule has 2 aromatic carbocycles. The smallest absolute Gasteiger partial charge is 0.268 e. The minimum absolute atomic E-state index is 0.0905. The van der Waals surface area contributed by atoms with Gasteiger partial charge in [0.25, 0.3) is 5.91 Å². The number of aliphatic hydroxyl groups excluding tert-OH is 1.